The minimum absolute atomic E-state index is 0.270. The summed E-state index contributed by atoms with van der Waals surface area (Å²) in [7, 11) is 0. The summed E-state index contributed by atoms with van der Waals surface area (Å²) < 4.78 is 7.71. The van der Waals surface area contributed by atoms with Crippen molar-refractivity contribution in [2.45, 2.75) is 13.8 Å². The number of carbonyl (C=O) groups is 1. The van der Waals surface area contributed by atoms with Crippen LogP contribution in [0.1, 0.15) is 27.3 Å². The first kappa shape index (κ1) is 19.2. The number of hydrazone groups is 1. The van der Waals surface area contributed by atoms with Crippen LogP contribution in [0.2, 0.25) is 0 Å². The first-order chi connectivity index (χ1) is 13.6. The van der Waals surface area contributed by atoms with Crippen LogP contribution in [-0.2, 0) is 0 Å². The van der Waals surface area contributed by atoms with Gasteiger partial charge in [-0.25, -0.2) is 5.43 Å². The number of carbonyl (C=O) groups excluding carboxylic acids is 1. The lowest BCUT2D eigenvalue weighted by molar-refractivity contribution is 0.0955. The summed E-state index contributed by atoms with van der Waals surface area (Å²) in [6.07, 6.45) is 3.24. The summed E-state index contributed by atoms with van der Waals surface area (Å²) in [5.74, 6) is 0.412. The second kappa shape index (κ2) is 8.86. The molecule has 1 heterocycles. The fraction of sp³-hybridized carbons (Fsp3) is 0.130. The summed E-state index contributed by atoms with van der Waals surface area (Å²) >= 11 is 0. The largest absolute Gasteiger partial charge is 0.489 e. The van der Waals surface area contributed by atoms with Gasteiger partial charge >= 0.3 is 0 Å². The van der Waals surface area contributed by atoms with Gasteiger partial charge < -0.3 is 9.30 Å². The Bertz CT molecular complexity index is 981. The molecule has 1 aromatic heterocycles. The number of benzene rings is 2. The Balaban J connectivity index is 1.67. The molecule has 0 atom stereocenters. The number of rotatable bonds is 7. The molecule has 0 fully saturated rings. The van der Waals surface area contributed by atoms with Gasteiger partial charge in [-0.1, -0.05) is 24.8 Å². The molecule has 0 unspecified atom stereocenters. The van der Waals surface area contributed by atoms with E-state index < -0.39 is 0 Å². The number of aromatic nitrogens is 1. The third kappa shape index (κ3) is 4.38. The van der Waals surface area contributed by atoms with Crippen LogP contribution >= 0.6 is 0 Å². The van der Waals surface area contributed by atoms with E-state index in [-0.39, 0.29) is 5.91 Å². The summed E-state index contributed by atoms with van der Waals surface area (Å²) in [6, 6.07) is 19.1. The van der Waals surface area contributed by atoms with Crippen LogP contribution in [0.5, 0.6) is 5.75 Å². The quantitative estimate of drug-likeness (QED) is 0.379. The van der Waals surface area contributed by atoms with Crippen LogP contribution in [0.15, 0.2) is 78.4 Å². The Labute approximate surface area is 165 Å². The summed E-state index contributed by atoms with van der Waals surface area (Å²) in [5.41, 5.74) is 7.19. The third-order valence-electron chi connectivity index (χ3n) is 4.30. The van der Waals surface area contributed by atoms with Gasteiger partial charge in [0, 0.05) is 28.2 Å². The maximum atomic E-state index is 12.3. The fourth-order valence-corrected chi connectivity index (χ4v) is 2.93. The second-order valence-electron chi connectivity index (χ2n) is 6.34. The van der Waals surface area contributed by atoms with Gasteiger partial charge in [-0.3, -0.25) is 4.79 Å². The number of ether oxygens (including phenoxy) is 1. The van der Waals surface area contributed by atoms with Crippen LogP contribution in [-0.4, -0.2) is 23.3 Å². The zero-order chi connectivity index (χ0) is 19.9. The summed E-state index contributed by atoms with van der Waals surface area (Å²) in [5, 5.41) is 4.05. The number of para-hydroxylation sites is 1. The highest BCUT2D eigenvalue weighted by Crippen LogP contribution is 2.17. The van der Waals surface area contributed by atoms with E-state index in [0.717, 1.165) is 22.6 Å². The smallest absolute Gasteiger partial charge is 0.271 e. The van der Waals surface area contributed by atoms with Crippen molar-refractivity contribution >= 4 is 12.1 Å². The van der Waals surface area contributed by atoms with E-state index in [1.54, 1.807) is 24.4 Å². The molecule has 0 saturated heterocycles. The van der Waals surface area contributed by atoms with Gasteiger partial charge in [-0.05, 0) is 62.4 Å². The molecular formula is C23H23N3O2. The van der Waals surface area contributed by atoms with Crippen LogP contribution in [0.25, 0.3) is 5.69 Å². The lowest BCUT2D eigenvalue weighted by Gasteiger charge is -2.10. The van der Waals surface area contributed by atoms with Crippen molar-refractivity contribution < 1.29 is 9.53 Å². The fourth-order valence-electron chi connectivity index (χ4n) is 2.93. The normalized spacial score (nSPS) is 10.8. The maximum absolute atomic E-state index is 12.3. The van der Waals surface area contributed by atoms with Crippen molar-refractivity contribution in [3.05, 3.63) is 95.8 Å². The number of aryl methyl sites for hydroxylation is 2. The van der Waals surface area contributed by atoms with Gasteiger partial charge in [0.05, 0.1) is 6.21 Å². The highest BCUT2D eigenvalue weighted by Gasteiger charge is 2.07. The molecule has 0 bridgehead atoms. The van der Waals surface area contributed by atoms with E-state index in [0.29, 0.717) is 17.9 Å². The molecule has 28 heavy (non-hydrogen) atoms. The van der Waals surface area contributed by atoms with Gasteiger partial charge in [0.1, 0.15) is 12.4 Å². The van der Waals surface area contributed by atoms with E-state index in [2.05, 4.69) is 47.7 Å². The summed E-state index contributed by atoms with van der Waals surface area (Å²) in [4.78, 5) is 12.3. The molecule has 142 valence electrons. The Morgan fingerprint density at radius 3 is 2.43 bits per heavy atom. The minimum Gasteiger partial charge on any atom is -0.489 e. The van der Waals surface area contributed by atoms with Gasteiger partial charge in [-0.15, -0.1) is 0 Å². The standard InChI is InChI=1S/C23H23N3O2/c1-4-15-28-22-8-6-5-7-20(22)16-24-25-23(27)19-11-13-21(14-12-19)26-17(2)9-10-18(26)3/h4-14,16H,1,15H2,2-3H3,(H,25,27)/b24-16-. The lowest BCUT2D eigenvalue weighted by atomic mass is 10.2. The first-order valence-electron chi connectivity index (χ1n) is 9.01. The van der Waals surface area contributed by atoms with E-state index in [9.17, 15) is 4.79 Å². The van der Waals surface area contributed by atoms with E-state index >= 15 is 0 Å². The molecular weight excluding hydrogens is 350 g/mol. The molecule has 2 aromatic carbocycles. The van der Waals surface area contributed by atoms with Crippen molar-refractivity contribution in [3.63, 3.8) is 0 Å². The lowest BCUT2D eigenvalue weighted by Crippen LogP contribution is -2.17. The number of amides is 1. The molecule has 1 amide bonds. The molecule has 3 aromatic rings. The van der Waals surface area contributed by atoms with Crippen molar-refractivity contribution in [2.75, 3.05) is 6.61 Å². The number of nitrogens with zero attached hydrogens (tertiary/aromatic N) is 2. The second-order valence-corrected chi connectivity index (χ2v) is 6.34. The molecule has 0 spiro atoms. The molecule has 0 aliphatic carbocycles. The Morgan fingerprint density at radius 1 is 1.07 bits per heavy atom. The van der Waals surface area contributed by atoms with Crippen molar-refractivity contribution in [3.8, 4) is 11.4 Å². The van der Waals surface area contributed by atoms with Gasteiger partial charge in [0.25, 0.3) is 5.91 Å². The summed E-state index contributed by atoms with van der Waals surface area (Å²) in [6.45, 7) is 8.15. The van der Waals surface area contributed by atoms with Gasteiger partial charge in [-0.2, -0.15) is 5.10 Å². The zero-order valence-electron chi connectivity index (χ0n) is 16.1. The molecule has 0 aliphatic rings. The maximum Gasteiger partial charge on any atom is 0.271 e. The van der Waals surface area contributed by atoms with Crippen LogP contribution < -0.4 is 10.2 Å². The molecule has 5 heteroatoms. The monoisotopic (exact) mass is 373 g/mol. The van der Waals surface area contributed by atoms with E-state index in [1.807, 2.05) is 36.4 Å². The van der Waals surface area contributed by atoms with Crippen LogP contribution in [0.3, 0.4) is 0 Å². The van der Waals surface area contributed by atoms with Crippen molar-refractivity contribution in [1.29, 1.82) is 0 Å². The third-order valence-corrected chi connectivity index (χ3v) is 4.30. The van der Waals surface area contributed by atoms with Gasteiger partial charge in [0.15, 0.2) is 0 Å². The molecule has 3 rings (SSSR count). The number of hydrogen-bond acceptors (Lipinski definition) is 3. The predicted octanol–water partition coefficient (Wildman–Crippen LogP) is 4.42. The average molecular weight is 373 g/mol. The molecule has 1 N–H and O–H groups in total. The van der Waals surface area contributed by atoms with E-state index in [1.165, 1.54) is 0 Å². The SMILES string of the molecule is C=CCOc1ccccc1/C=N\NC(=O)c1ccc(-n2c(C)ccc2C)cc1. The predicted molar refractivity (Wildman–Crippen MR) is 112 cm³/mol. The first-order valence-corrected chi connectivity index (χ1v) is 9.01. The van der Waals surface area contributed by atoms with Crippen LogP contribution in [0.4, 0.5) is 0 Å². The molecule has 0 aliphatic heterocycles. The highest BCUT2D eigenvalue weighted by atomic mass is 16.5. The Morgan fingerprint density at radius 2 is 1.75 bits per heavy atom. The Hall–Kier alpha value is -3.60. The van der Waals surface area contributed by atoms with Crippen LogP contribution in [0, 0.1) is 13.8 Å². The van der Waals surface area contributed by atoms with Crippen molar-refractivity contribution in [2.24, 2.45) is 5.10 Å². The number of nitrogens with one attached hydrogen (secondary N) is 1. The minimum atomic E-state index is -0.270. The van der Waals surface area contributed by atoms with Crippen molar-refractivity contribution in [1.82, 2.24) is 9.99 Å². The molecule has 0 saturated carbocycles. The van der Waals surface area contributed by atoms with Gasteiger partial charge in [0.2, 0.25) is 0 Å². The number of hydrogen-bond donors (Lipinski definition) is 1. The molecule has 5 nitrogen and oxygen atoms in total. The molecule has 0 radical (unpaired) electrons. The zero-order valence-corrected chi connectivity index (χ0v) is 16.1. The highest BCUT2D eigenvalue weighted by molar-refractivity contribution is 5.95. The Kier molecular flexibility index (Phi) is 6.07. The average Bonchev–Trinajstić information content (AvgIpc) is 3.05. The topological polar surface area (TPSA) is 55.6 Å². The van der Waals surface area contributed by atoms with E-state index in [4.69, 9.17) is 4.74 Å².